The maximum absolute atomic E-state index is 9.64. The summed E-state index contributed by atoms with van der Waals surface area (Å²) in [6.45, 7) is 4.23. The lowest BCUT2D eigenvalue weighted by molar-refractivity contribution is 0.0167. The molecule has 0 spiro atoms. The van der Waals surface area contributed by atoms with Crippen LogP contribution in [0.5, 0.6) is 0 Å². The van der Waals surface area contributed by atoms with E-state index in [9.17, 15) is 5.11 Å². The number of fused-ring (bicyclic) bond motifs is 2. The SMILES string of the molecule is CC(O)C1C2C=CC(CC2)C1C. The zero-order valence-electron chi connectivity index (χ0n) is 7.90. The van der Waals surface area contributed by atoms with Crippen LogP contribution in [0.15, 0.2) is 12.2 Å². The standard InChI is InChI=1S/C11H18O/c1-7-9-3-5-10(6-4-9)11(7)8(2)12/h3,5,7-12H,4,6H2,1-2H3. The van der Waals surface area contributed by atoms with E-state index in [1.807, 2.05) is 6.92 Å². The molecular weight excluding hydrogens is 148 g/mol. The minimum atomic E-state index is -0.127. The second-order valence-electron chi connectivity index (χ2n) is 4.47. The van der Waals surface area contributed by atoms with Crippen molar-refractivity contribution in [2.45, 2.75) is 32.8 Å². The smallest absolute Gasteiger partial charge is 0.0548 e. The first-order chi connectivity index (χ1) is 5.70. The Labute approximate surface area is 74.5 Å². The van der Waals surface area contributed by atoms with Gasteiger partial charge in [0.2, 0.25) is 0 Å². The van der Waals surface area contributed by atoms with Crippen molar-refractivity contribution in [2.24, 2.45) is 23.7 Å². The van der Waals surface area contributed by atoms with E-state index < -0.39 is 0 Å². The molecule has 0 saturated heterocycles. The van der Waals surface area contributed by atoms with E-state index in [4.69, 9.17) is 0 Å². The molecule has 0 aliphatic heterocycles. The van der Waals surface area contributed by atoms with Crippen molar-refractivity contribution >= 4 is 0 Å². The van der Waals surface area contributed by atoms with Crippen LogP contribution in [0.3, 0.4) is 0 Å². The van der Waals surface area contributed by atoms with E-state index in [-0.39, 0.29) is 6.10 Å². The fraction of sp³-hybridized carbons (Fsp3) is 0.818. The molecule has 1 N–H and O–H groups in total. The zero-order chi connectivity index (χ0) is 8.72. The third-order valence-electron chi connectivity index (χ3n) is 3.77. The van der Waals surface area contributed by atoms with Crippen LogP contribution in [0.25, 0.3) is 0 Å². The lowest BCUT2D eigenvalue weighted by Gasteiger charge is -2.45. The summed E-state index contributed by atoms with van der Waals surface area (Å²) in [5, 5.41) is 9.64. The molecule has 1 fully saturated rings. The van der Waals surface area contributed by atoms with Gasteiger partial charge in [0, 0.05) is 0 Å². The van der Waals surface area contributed by atoms with Gasteiger partial charge in [0.05, 0.1) is 6.10 Å². The average molecular weight is 166 g/mol. The zero-order valence-corrected chi connectivity index (χ0v) is 7.90. The van der Waals surface area contributed by atoms with Gasteiger partial charge in [-0.05, 0) is 43.4 Å². The molecular formula is C11H18O. The lowest BCUT2D eigenvalue weighted by atomic mass is 9.61. The molecule has 1 saturated carbocycles. The number of allylic oxidation sites excluding steroid dienone is 2. The Morgan fingerprint density at radius 2 is 1.83 bits per heavy atom. The third-order valence-corrected chi connectivity index (χ3v) is 3.77. The minimum Gasteiger partial charge on any atom is -0.393 e. The summed E-state index contributed by atoms with van der Waals surface area (Å²) in [5.74, 6) is 2.61. The summed E-state index contributed by atoms with van der Waals surface area (Å²) >= 11 is 0. The first kappa shape index (κ1) is 8.31. The van der Waals surface area contributed by atoms with Crippen LogP contribution in [0, 0.1) is 23.7 Å². The summed E-state index contributed by atoms with van der Waals surface area (Å²) in [6.07, 6.45) is 7.19. The minimum absolute atomic E-state index is 0.127. The van der Waals surface area contributed by atoms with Gasteiger partial charge in [-0.2, -0.15) is 0 Å². The van der Waals surface area contributed by atoms with Gasteiger partial charge in [0.1, 0.15) is 0 Å². The number of aliphatic hydroxyl groups is 1. The van der Waals surface area contributed by atoms with Gasteiger partial charge < -0.3 is 5.11 Å². The number of rotatable bonds is 1. The molecule has 68 valence electrons. The summed E-state index contributed by atoms with van der Waals surface area (Å²) in [7, 11) is 0. The van der Waals surface area contributed by atoms with Gasteiger partial charge in [-0.15, -0.1) is 0 Å². The molecule has 0 aromatic carbocycles. The third kappa shape index (κ3) is 1.11. The van der Waals surface area contributed by atoms with Crippen molar-refractivity contribution in [1.29, 1.82) is 0 Å². The molecule has 0 heterocycles. The quantitative estimate of drug-likeness (QED) is 0.592. The summed E-state index contributed by atoms with van der Waals surface area (Å²) in [6, 6.07) is 0. The first-order valence-electron chi connectivity index (χ1n) is 5.06. The fourth-order valence-corrected chi connectivity index (χ4v) is 3.09. The van der Waals surface area contributed by atoms with Crippen molar-refractivity contribution < 1.29 is 5.11 Å². The van der Waals surface area contributed by atoms with Crippen LogP contribution in [0.4, 0.5) is 0 Å². The van der Waals surface area contributed by atoms with Crippen LogP contribution in [-0.2, 0) is 0 Å². The van der Waals surface area contributed by atoms with Gasteiger partial charge in [-0.3, -0.25) is 0 Å². The molecule has 5 atom stereocenters. The van der Waals surface area contributed by atoms with Crippen molar-refractivity contribution in [2.75, 3.05) is 0 Å². The van der Waals surface area contributed by atoms with Crippen LogP contribution < -0.4 is 0 Å². The molecule has 1 heteroatoms. The maximum atomic E-state index is 9.64. The fourth-order valence-electron chi connectivity index (χ4n) is 3.09. The highest BCUT2D eigenvalue weighted by Gasteiger charge is 2.39. The van der Waals surface area contributed by atoms with Crippen LogP contribution >= 0.6 is 0 Å². The first-order valence-corrected chi connectivity index (χ1v) is 5.06. The Morgan fingerprint density at radius 1 is 1.25 bits per heavy atom. The Bertz CT molecular complexity index is 195. The average Bonchev–Trinajstić information content (AvgIpc) is 2.05. The molecule has 0 aromatic heterocycles. The molecule has 3 rings (SSSR count). The van der Waals surface area contributed by atoms with E-state index in [2.05, 4.69) is 19.1 Å². The maximum Gasteiger partial charge on any atom is 0.0548 e. The van der Waals surface area contributed by atoms with Gasteiger partial charge in [0.15, 0.2) is 0 Å². The van der Waals surface area contributed by atoms with Crippen LogP contribution in [-0.4, -0.2) is 11.2 Å². The molecule has 2 bridgehead atoms. The van der Waals surface area contributed by atoms with Gasteiger partial charge >= 0.3 is 0 Å². The van der Waals surface area contributed by atoms with Gasteiger partial charge in [-0.25, -0.2) is 0 Å². The Balaban J connectivity index is 2.21. The molecule has 5 unspecified atom stereocenters. The van der Waals surface area contributed by atoms with Crippen LogP contribution in [0.1, 0.15) is 26.7 Å². The highest BCUT2D eigenvalue weighted by molar-refractivity contribution is 5.09. The molecule has 0 radical (unpaired) electrons. The molecule has 0 amide bonds. The topological polar surface area (TPSA) is 20.2 Å². The van der Waals surface area contributed by atoms with E-state index in [1.165, 1.54) is 12.8 Å². The molecule has 1 nitrogen and oxygen atoms in total. The molecule has 3 aliphatic carbocycles. The van der Waals surface area contributed by atoms with E-state index >= 15 is 0 Å². The van der Waals surface area contributed by atoms with Crippen LogP contribution in [0.2, 0.25) is 0 Å². The molecule has 3 aliphatic rings. The Hall–Kier alpha value is -0.300. The second-order valence-corrected chi connectivity index (χ2v) is 4.47. The number of aliphatic hydroxyl groups excluding tert-OH is 1. The number of hydrogen-bond donors (Lipinski definition) is 1. The number of hydrogen-bond acceptors (Lipinski definition) is 1. The van der Waals surface area contributed by atoms with Crippen molar-refractivity contribution in [3.05, 3.63) is 12.2 Å². The highest BCUT2D eigenvalue weighted by atomic mass is 16.3. The monoisotopic (exact) mass is 166 g/mol. The Morgan fingerprint density at radius 3 is 2.17 bits per heavy atom. The summed E-state index contributed by atoms with van der Waals surface area (Å²) < 4.78 is 0. The molecule has 0 aromatic rings. The summed E-state index contributed by atoms with van der Waals surface area (Å²) in [4.78, 5) is 0. The van der Waals surface area contributed by atoms with Crippen molar-refractivity contribution in [3.8, 4) is 0 Å². The highest BCUT2D eigenvalue weighted by Crippen LogP contribution is 2.45. The normalized spacial score (nSPS) is 47.9. The summed E-state index contributed by atoms with van der Waals surface area (Å²) in [5.41, 5.74) is 0. The van der Waals surface area contributed by atoms with E-state index in [0.29, 0.717) is 17.8 Å². The van der Waals surface area contributed by atoms with Crippen molar-refractivity contribution in [1.82, 2.24) is 0 Å². The Kier molecular flexibility index (Phi) is 1.99. The predicted octanol–water partition coefficient (Wildman–Crippen LogP) is 2.22. The van der Waals surface area contributed by atoms with E-state index in [0.717, 1.165) is 5.92 Å². The largest absolute Gasteiger partial charge is 0.393 e. The van der Waals surface area contributed by atoms with Gasteiger partial charge in [-0.1, -0.05) is 19.1 Å². The predicted molar refractivity (Wildman–Crippen MR) is 49.7 cm³/mol. The second kappa shape index (κ2) is 2.88. The van der Waals surface area contributed by atoms with E-state index in [1.54, 1.807) is 0 Å². The lowest BCUT2D eigenvalue weighted by Crippen LogP contribution is -2.40. The van der Waals surface area contributed by atoms with Gasteiger partial charge in [0.25, 0.3) is 0 Å². The van der Waals surface area contributed by atoms with Crippen molar-refractivity contribution in [3.63, 3.8) is 0 Å². The molecule has 12 heavy (non-hydrogen) atoms.